The van der Waals surface area contributed by atoms with E-state index in [1.807, 2.05) is 114 Å². The summed E-state index contributed by atoms with van der Waals surface area (Å²) in [6.07, 6.45) is -9.65. The molecule has 3 unspecified atom stereocenters. The number of nitrogens with zero attached hydrogens (tertiary/aromatic N) is 4. The second kappa shape index (κ2) is 54.5. The number of aromatic nitrogens is 1. The van der Waals surface area contributed by atoms with Crippen LogP contribution in [0.4, 0.5) is 52.7 Å². The van der Waals surface area contributed by atoms with Crippen molar-refractivity contribution in [1.82, 2.24) is 30.3 Å². The van der Waals surface area contributed by atoms with Crippen molar-refractivity contribution in [1.29, 1.82) is 0 Å². The van der Waals surface area contributed by atoms with Gasteiger partial charge in [-0.15, -0.1) is 11.3 Å². The Morgan fingerprint density at radius 3 is 1.12 bits per heavy atom. The first-order chi connectivity index (χ1) is 67.5. The van der Waals surface area contributed by atoms with E-state index >= 15 is 0 Å². The normalized spacial score (nSPS) is 12.5. The van der Waals surface area contributed by atoms with Crippen molar-refractivity contribution in [2.24, 2.45) is 5.92 Å². The molecule has 0 aliphatic rings. The fraction of sp³-hybridized carbons (Fsp3) is 0.371. The molecule has 0 radical (unpaired) electrons. The van der Waals surface area contributed by atoms with Gasteiger partial charge >= 0.3 is 48.6 Å². The molecule has 1 heterocycles. The molecule has 0 aliphatic carbocycles. The highest BCUT2D eigenvalue weighted by Crippen LogP contribution is 2.37. The number of benzene rings is 11. The topological polar surface area (TPSA) is 196 Å². The number of thiazole rings is 1. The van der Waals surface area contributed by atoms with E-state index in [-0.39, 0.29) is 24.2 Å². The number of nitrogens with one attached hydrogen (secondary N) is 2. The molecule has 0 saturated heterocycles. The highest BCUT2D eigenvalue weighted by Gasteiger charge is 2.35. The fourth-order valence-corrected chi connectivity index (χ4v) is 17.8. The molecule has 0 saturated carbocycles. The molecule has 27 heteroatoms. The second-order valence-corrected chi connectivity index (χ2v) is 39.5. The van der Waals surface area contributed by atoms with E-state index in [0.29, 0.717) is 127 Å². The number of hydrogen-bond acceptors (Lipinski definition) is 11. The monoisotopic (exact) mass is 2000 g/mol. The van der Waals surface area contributed by atoms with Crippen molar-refractivity contribution in [3.63, 3.8) is 0 Å². The van der Waals surface area contributed by atoms with E-state index in [1.165, 1.54) is 81.6 Å². The molecule has 0 fully saturated rings. The average Bonchev–Trinajstić information content (AvgIpc) is 1.41. The molecule has 0 spiro atoms. The third kappa shape index (κ3) is 41.3. The number of carboxylic acid groups (broad SMARTS) is 4. The standard InChI is InChI=1S/C32H39F3N2O2.C30H35F3N2O2.C30H33F3O2.C24H25F3N2O2S/c1-23-15-27(18-29(16-23)32(33,34)35)22-37(21-26-8-5-7-25(17-26)19-30(38)39)14-6-13-36-20-24-9-11-28(12-10-24)31(2,3)4;1-21-5-7-24(8-6-21)18-34-13-4-14-35(19-25-9-11-27(12-10-25)23(3)29(36)37)20-26-15-22(2)16-28(17-26)30(31,32)33;1-22-15-27(20-28(16-22)30(31,32)33)19-24(12-7-3-6-11-23-9-4-2-5-10-23)17-25-13-8-14-26(18-25)21-29(34)35;1-15-8-19(10-21(9-15)24(25,26)27)12-29(13-22-14-32-17(3)28-22)11-18-4-6-20(7-5-18)16(2)23(30)31/h5,7-12,15-18,36H,6,13-14,19-22H2,1-4H3,(H,38,39);5-12,15-17,23,34H,4,13-14,18-20H2,1-3H3,(H,36,37);2,4-5,8-10,13-16,18,20,24H,3,6-7,11-12,17,19,21H2,1H3,(H,34,35);4-10,14,16H,11-13H2,1-3H3,(H,30,31). The van der Waals surface area contributed by atoms with E-state index in [2.05, 4.69) is 114 Å². The number of aliphatic carboxylic acids is 4. The summed E-state index contributed by atoms with van der Waals surface area (Å²) in [5.74, 6) is -4.58. The SMILES string of the molecule is Cc1cc(CC(CCCCCc2ccccc2)Cc2cccc(CC(=O)O)c2)cc(C(F)(F)F)c1.Cc1cc(CN(CCCNCc2ccc(C(C)(C)C)cc2)Cc2cccc(CC(=O)O)c2)cc(C(F)(F)F)c1.Cc1cc(CN(Cc2ccc(C(C)C(=O)O)cc2)Cc2csc(C)n2)cc(C(F)(F)F)c1.Cc1ccc(CNCCCN(Cc2ccc(C(C)C(=O)O)cc2)Cc2cc(C)cc(C(F)(F)F)c2)cc1. The molecule has 12 rings (SSSR count). The number of hydrogen-bond donors (Lipinski definition) is 6. The second-order valence-electron chi connectivity index (χ2n) is 38.5. The Hall–Kier alpha value is -12.1. The van der Waals surface area contributed by atoms with Gasteiger partial charge in [0.05, 0.1) is 57.6 Å². The maximum absolute atomic E-state index is 13.4. The Bertz CT molecular complexity index is 6020. The van der Waals surface area contributed by atoms with Crippen molar-refractivity contribution >= 4 is 35.2 Å². The summed E-state index contributed by atoms with van der Waals surface area (Å²) in [5, 5.41) is 46.5. The molecule has 11 aromatic carbocycles. The molecule has 143 heavy (non-hydrogen) atoms. The Morgan fingerprint density at radius 2 is 0.706 bits per heavy atom. The van der Waals surface area contributed by atoms with Crippen molar-refractivity contribution < 1.29 is 92.3 Å². The molecule has 14 nitrogen and oxygen atoms in total. The zero-order chi connectivity index (χ0) is 104. The number of carboxylic acids is 4. The summed E-state index contributed by atoms with van der Waals surface area (Å²) in [5.41, 5.74) is 16.3. The molecule has 0 amide bonds. The lowest BCUT2D eigenvalue weighted by Crippen LogP contribution is -2.27. The smallest absolute Gasteiger partial charge is 0.416 e. The van der Waals surface area contributed by atoms with Crippen LogP contribution in [-0.2, 0) is 140 Å². The summed E-state index contributed by atoms with van der Waals surface area (Å²) >= 11 is 1.53. The molecule has 0 bridgehead atoms. The highest BCUT2D eigenvalue weighted by molar-refractivity contribution is 7.09. The van der Waals surface area contributed by atoms with Crippen LogP contribution in [-0.4, -0.2) is 90.2 Å². The zero-order valence-electron chi connectivity index (χ0n) is 83.1. The van der Waals surface area contributed by atoms with Gasteiger partial charge in [-0.1, -0.05) is 262 Å². The third-order valence-electron chi connectivity index (χ3n) is 24.5. The van der Waals surface area contributed by atoms with Gasteiger partial charge in [-0.05, 0) is 262 Å². The van der Waals surface area contributed by atoms with E-state index in [4.69, 9.17) is 10.2 Å². The van der Waals surface area contributed by atoms with Crippen LogP contribution >= 0.6 is 11.3 Å². The molecule has 1 aromatic heterocycles. The predicted molar refractivity (Wildman–Crippen MR) is 542 cm³/mol. The van der Waals surface area contributed by atoms with E-state index < -0.39 is 82.7 Å². The summed E-state index contributed by atoms with van der Waals surface area (Å²) in [6, 6.07) is 73.8. The van der Waals surface area contributed by atoms with Gasteiger partial charge in [0.2, 0.25) is 0 Å². The maximum atomic E-state index is 13.4. The van der Waals surface area contributed by atoms with Crippen LogP contribution in [0.3, 0.4) is 0 Å². The van der Waals surface area contributed by atoms with Gasteiger partial charge < -0.3 is 31.1 Å². The lowest BCUT2D eigenvalue weighted by Gasteiger charge is -2.24. The summed E-state index contributed by atoms with van der Waals surface area (Å²) in [6.45, 7) is 28.1. The Kier molecular flexibility index (Phi) is 43.7. The number of carbonyl (C=O) groups is 4. The minimum absolute atomic E-state index is 0.0369. The van der Waals surface area contributed by atoms with Crippen LogP contribution in [0.15, 0.2) is 254 Å². The average molecular weight is 2000 g/mol. The zero-order valence-corrected chi connectivity index (χ0v) is 83.9. The van der Waals surface area contributed by atoms with E-state index in [9.17, 15) is 82.1 Å². The minimum Gasteiger partial charge on any atom is -0.481 e. The van der Waals surface area contributed by atoms with Gasteiger partial charge in [0, 0.05) is 77.4 Å². The number of halogens is 12. The number of rotatable bonds is 44. The van der Waals surface area contributed by atoms with Gasteiger partial charge in [0.1, 0.15) is 0 Å². The quantitative estimate of drug-likeness (QED) is 0.0156. The van der Waals surface area contributed by atoms with E-state index in [0.717, 1.165) is 121 Å². The Morgan fingerprint density at radius 1 is 0.343 bits per heavy atom. The van der Waals surface area contributed by atoms with Crippen LogP contribution in [0.25, 0.3) is 0 Å². The molecular weight excluding hydrogens is 1870 g/mol. The van der Waals surface area contributed by atoms with Gasteiger partial charge in [-0.25, -0.2) is 4.98 Å². The van der Waals surface area contributed by atoms with Crippen molar-refractivity contribution in [3.05, 3.63) is 404 Å². The van der Waals surface area contributed by atoms with Gasteiger partial charge in [-0.3, -0.25) is 33.9 Å². The minimum atomic E-state index is -4.40. The van der Waals surface area contributed by atoms with Gasteiger partial charge in [0.15, 0.2) is 0 Å². The number of aryl methyl sites for hydroxylation is 7. The van der Waals surface area contributed by atoms with E-state index in [1.54, 1.807) is 84.0 Å². The molecule has 764 valence electrons. The van der Waals surface area contributed by atoms with Gasteiger partial charge in [0.25, 0.3) is 0 Å². The first kappa shape index (κ1) is 114. The number of alkyl halides is 12. The molecule has 12 aromatic rings. The first-order valence-electron chi connectivity index (χ1n) is 48.1. The van der Waals surface area contributed by atoms with Gasteiger partial charge in [-0.2, -0.15) is 52.7 Å². The maximum Gasteiger partial charge on any atom is 0.416 e. The summed E-state index contributed by atoms with van der Waals surface area (Å²) in [4.78, 5) is 55.5. The van der Waals surface area contributed by atoms with Crippen LogP contribution in [0.2, 0.25) is 0 Å². The lowest BCUT2D eigenvalue weighted by molar-refractivity contribution is -0.139. The van der Waals surface area contributed by atoms with Crippen LogP contribution in [0.5, 0.6) is 0 Å². The summed E-state index contributed by atoms with van der Waals surface area (Å²) in [7, 11) is 0. The van der Waals surface area contributed by atoms with Crippen LogP contribution in [0, 0.1) is 47.5 Å². The van der Waals surface area contributed by atoms with Crippen LogP contribution < -0.4 is 10.6 Å². The Labute approximate surface area is 836 Å². The molecular formula is C116H132F12N6O8S. The van der Waals surface area contributed by atoms with Crippen molar-refractivity contribution in [2.45, 2.75) is 248 Å². The molecule has 3 atom stereocenters. The Balaban J connectivity index is 0.000000213. The highest BCUT2D eigenvalue weighted by atomic mass is 32.1. The first-order valence-corrected chi connectivity index (χ1v) is 49.0. The van der Waals surface area contributed by atoms with Crippen molar-refractivity contribution in [3.8, 4) is 0 Å². The predicted octanol–water partition coefficient (Wildman–Crippen LogP) is 27.8. The van der Waals surface area contributed by atoms with Crippen LogP contribution in [0.1, 0.15) is 235 Å². The molecule has 0 aliphatic heterocycles. The van der Waals surface area contributed by atoms with Crippen molar-refractivity contribution in [2.75, 3.05) is 26.2 Å². The summed E-state index contributed by atoms with van der Waals surface area (Å²) < 4.78 is 160. The third-order valence-corrected chi connectivity index (χ3v) is 25.3. The lowest BCUT2D eigenvalue weighted by atomic mass is 9.86. The fourth-order valence-electron chi connectivity index (χ4n) is 17.2. The molecule has 6 N–H and O–H groups in total. The number of unbranched alkanes of at least 4 members (excludes halogenated alkanes) is 2. The largest absolute Gasteiger partial charge is 0.481 e.